The summed E-state index contributed by atoms with van der Waals surface area (Å²) >= 11 is 0. The number of aromatic nitrogens is 1. The summed E-state index contributed by atoms with van der Waals surface area (Å²) in [7, 11) is 0. The van der Waals surface area contributed by atoms with Gasteiger partial charge in [-0.2, -0.15) is 5.10 Å². The number of hydrogen-bond acceptors (Lipinski definition) is 4. The minimum absolute atomic E-state index is 0.242. The first-order valence-corrected chi connectivity index (χ1v) is 10.9. The maximum absolute atomic E-state index is 6.75. The van der Waals surface area contributed by atoms with Crippen LogP contribution in [-0.4, -0.2) is 21.4 Å². The summed E-state index contributed by atoms with van der Waals surface area (Å²) in [6.07, 6.45) is 8.83. The zero-order chi connectivity index (χ0) is 20.0. The third-order valence-electron chi connectivity index (χ3n) is 6.96. The summed E-state index contributed by atoms with van der Waals surface area (Å²) in [4.78, 5) is 4.17. The van der Waals surface area contributed by atoms with Gasteiger partial charge >= 0.3 is 0 Å². The van der Waals surface area contributed by atoms with Gasteiger partial charge in [0, 0.05) is 42.8 Å². The predicted octanol–water partition coefficient (Wildman–Crippen LogP) is 5.68. The smallest absolute Gasteiger partial charge is 0.198 e. The monoisotopic (exact) mass is 395 g/mol. The molecular formula is C26H25N3O. The Balaban J connectivity index is 1.35. The maximum Gasteiger partial charge on any atom is 0.198 e. The molecular weight excluding hydrogens is 370 g/mol. The molecule has 2 aliphatic heterocycles. The van der Waals surface area contributed by atoms with Crippen LogP contribution < -0.4 is 4.74 Å². The fourth-order valence-corrected chi connectivity index (χ4v) is 5.41. The zero-order valence-electron chi connectivity index (χ0n) is 16.9. The quantitative estimate of drug-likeness (QED) is 0.560. The SMILES string of the molecule is c1ccc(C2CCC3(CC2)Oc2ccccc2C2CC(c4ccncc4)=NN23)cc1. The van der Waals surface area contributed by atoms with Gasteiger partial charge in [0.15, 0.2) is 5.72 Å². The number of hydrazone groups is 1. The van der Waals surface area contributed by atoms with Crippen molar-refractivity contribution in [2.75, 3.05) is 0 Å². The number of hydrogen-bond donors (Lipinski definition) is 0. The summed E-state index contributed by atoms with van der Waals surface area (Å²) in [6, 6.07) is 23.8. The largest absolute Gasteiger partial charge is 0.466 e. The summed E-state index contributed by atoms with van der Waals surface area (Å²) < 4.78 is 6.75. The van der Waals surface area contributed by atoms with Crippen molar-refractivity contribution >= 4 is 5.71 Å². The van der Waals surface area contributed by atoms with Gasteiger partial charge in [-0.3, -0.25) is 4.98 Å². The lowest BCUT2D eigenvalue weighted by Crippen LogP contribution is -2.55. The highest BCUT2D eigenvalue weighted by molar-refractivity contribution is 6.01. The predicted molar refractivity (Wildman–Crippen MR) is 117 cm³/mol. The average Bonchev–Trinajstić information content (AvgIpc) is 3.28. The molecule has 2 aromatic carbocycles. The van der Waals surface area contributed by atoms with Crippen molar-refractivity contribution in [3.63, 3.8) is 0 Å². The van der Waals surface area contributed by atoms with Crippen molar-refractivity contribution in [2.24, 2.45) is 5.10 Å². The summed E-state index contributed by atoms with van der Waals surface area (Å²) in [6.45, 7) is 0. The van der Waals surface area contributed by atoms with Crippen molar-refractivity contribution in [2.45, 2.75) is 49.8 Å². The van der Waals surface area contributed by atoms with E-state index in [-0.39, 0.29) is 11.8 Å². The number of pyridine rings is 1. The molecule has 150 valence electrons. The summed E-state index contributed by atoms with van der Waals surface area (Å²) in [5.41, 5.74) is 4.64. The topological polar surface area (TPSA) is 37.7 Å². The Bertz CT molecular complexity index is 1070. The minimum Gasteiger partial charge on any atom is -0.466 e. The van der Waals surface area contributed by atoms with Gasteiger partial charge in [0.2, 0.25) is 0 Å². The van der Waals surface area contributed by atoms with E-state index in [0.29, 0.717) is 5.92 Å². The Labute approximate surface area is 177 Å². The number of para-hydroxylation sites is 1. The molecule has 1 aromatic heterocycles. The molecule has 1 unspecified atom stereocenters. The average molecular weight is 396 g/mol. The van der Waals surface area contributed by atoms with Gasteiger partial charge in [-0.05, 0) is 42.5 Å². The molecule has 0 radical (unpaired) electrons. The molecule has 3 heterocycles. The Kier molecular flexibility index (Phi) is 4.12. The first kappa shape index (κ1) is 17.7. The standard InChI is InChI=1S/C26H25N3O/c1-2-6-19(7-3-1)20-10-14-26(15-11-20)29-24(22-8-4-5-9-25(22)30-26)18-23(28-29)21-12-16-27-17-13-21/h1-9,12-13,16-17,20,24H,10-11,14-15,18H2. The highest BCUT2D eigenvalue weighted by Gasteiger charge is 2.51. The molecule has 1 aliphatic carbocycles. The van der Waals surface area contributed by atoms with Crippen LogP contribution in [0.2, 0.25) is 0 Å². The van der Waals surface area contributed by atoms with Crippen LogP contribution in [0.3, 0.4) is 0 Å². The van der Waals surface area contributed by atoms with E-state index in [1.807, 2.05) is 12.4 Å². The van der Waals surface area contributed by atoms with Crippen LogP contribution in [0.4, 0.5) is 0 Å². The van der Waals surface area contributed by atoms with Crippen molar-refractivity contribution in [1.82, 2.24) is 9.99 Å². The van der Waals surface area contributed by atoms with E-state index in [9.17, 15) is 0 Å². The molecule has 0 saturated heterocycles. The molecule has 3 aliphatic rings. The van der Waals surface area contributed by atoms with E-state index in [1.54, 1.807) is 0 Å². The van der Waals surface area contributed by atoms with E-state index >= 15 is 0 Å². The number of ether oxygens (including phenoxy) is 1. The van der Waals surface area contributed by atoms with E-state index in [4.69, 9.17) is 9.84 Å². The van der Waals surface area contributed by atoms with Crippen LogP contribution in [0, 0.1) is 0 Å². The third-order valence-corrected chi connectivity index (χ3v) is 6.96. The molecule has 4 heteroatoms. The molecule has 0 amide bonds. The Hall–Kier alpha value is -3.14. The molecule has 1 fully saturated rings. The molecule has 6 rings (SSSR count). The first-order valence-electron chi connectivity index (χ1n) is 10.9. The number of rotatable bonds is 2. The lowest BCUT2D eigenvalue weighted by atomic mass is 9.78. The van der Waals surface area contributed by atoms with E-state index in [2.05, 4.69) is 76.7 Å². The van der Waals surface area contributed by atoms with Crippen LogP contribution in [0.5, 0.6) is 5.75 Å². The second-order valence-electron chi connectivity index (χ2n) is 8.62. The number of benzene rings is 2. The fourth-order valence-electron chi connectivity index (χ4n) is 5.41. The van der Waals surface area contributed by atoms with Gasteiger partial charge in [-0.1, -0.05) is 48.5 Å². The zero-order valence-corrected chi connectivity index (χ0v) is 16.9. The van der Waals surface area contributed by atoms with E-state index in [1.165, 1.54) is 11.1 Å². The molecule has 1 atom stereocenters. The Morgan fingerprint density at radius 1 is 0.867 bits per heavy atom. The molecule has 3 aromatic rings. The number of nitrogens with zero attached hydrogens (tertiary/aromatic N) is 3. The first-order chi connectivity index (χ1) is 14.8. The summed E-state index contributed by atoms with van der Waals surface area (Å²) in [5, 5.41) is 7.45. The van der Waals surface area contributed by atoms with Crippen LogP contribution in [0.15, 0.2) is 84.2 Å². The molecule has 30 heavy (non-hydrogen) atoms. The normalized spacial score (nSPS) is 27.2. The van der Waals surface area contributed by atoms with Gasteiger partial charge in [0.05, 0.1) is 11.8 Å². The molecule has 1 spiro atoms. The Morgan fingerprint density at radius 3 is 2.40 bits per heavy atom. The van der Waals surface area contributed by atoms with Gasteiger partial charge in [0.1, 0.15) is 5.75 Å². The Morgan fingerprint density at radius 2 is 1.60 bits per heavy atom. The highest BCUT2D eigenvalue weighted by atomic mass is 16.5. The van der Waals surface area contributed by atoms with Crippen LogP contribution in [-0.2, 0) is 0 Å². The maximum atomic E-state index is 6.75. The van der Waals surface area contributed by atoms with Crippen molar-refractivity contribution in [3.8, 4) is 5.75 Å². The lowest BCUT2D eigenvalue weighted by molar-refractivity contribution is -0.142. The van der Waals surface area contributed by atoms with Crippen LogP contribution in [0.25, 0.3) is 0 Å². The minimum atomic E-state index is -0.348. The lowest BCUT2D eigenvalue weighted by Gasteiger charge is -2.50. The van der Waals surface area contributed by atoms with Gasteiger partial charge < -0.3 is 4.74 Å². The van der Waals surface area contributed by atoms with Gasteiger partial charge in [-0.15, -0.1) is 0 Å². The molecule has 1 saturated carbocycles. The van der Waals surface area contributed by atoms with E-state index < -0.39 is 0 Å². The van der Waals surface area contributed by atoms with Crippen molar-refractivity contribution in [3.05, 3.63) is 95.8 Å². The van der Waals surface area contributed by atoms with E-state index in [0.717, 1.165) is 49.1 Å². The molecule has 0 bridgehead atoms. The number of fused-ring (bicyclic) bond motifs is 4. The third kappa shape index (κ3) is 2.82. The molecule has 4 nitrogen and oxygen atoms in total. The second kappa shape index (κ2) is 6.98. The fraction of sp³-hybridized carbons (Fsp3) is 0.308. The molecule has 0 N–H and O–H groups in total. The van der Waals surface area contributed by atoms with Crippen LogP contribution >= 0.6 is 0 Å². The highest BCUT2D eigenvalue weighted by Crippen LogP contribution is 2.52. The second-order valence-corrected chi connectivity index (χ2v) is 8.62. The van der Waals surface area contributed by atoms with Gasteiger partial charge in [0.25, 0.3) is 0 Å². The van der Waals surface area contributed by atoms with Crippen molar-refractivity contribution < 1.29 is 4.74 Å². The summed E-state index contributed by atoms with van der Waals surface area (Å²) in [5.74, 6) is 1.63. The van der Waals surface area contributed by atoms with Crippen LogP contribution in [0.1, 0.15) is 60.8 Å². The van der Waals surface area contributed by atoms with Crippen molar-refractivity contribution in [1.29, 1.82) is 0 Å². The van der Waals surface area contributed by atoms with Gasteiger partial charge in [-0.25, -0.2) is 5.01 Å².